The molecule has 0 aliphatic carbocycles. The highest BCUT2D eigenvalue weighted by Gasteiger charge is 2.21. The second kappa shape index (κ2) is 9.48. The molecule has 8 nitrogen and oxygen atoms in total. The summed E-state index contributed by atoms with van der Waals surface area (Å²) in [4.78, 5) is 33.5. The maximum Gasteiger partial charge on any atom is 0.338 e. The molecule has 0 spiro atoms. The van der Waals surface area contributed by atoms with Crippen LogP contribution in [0.3, 0.4) is 0 Å². The van der Waals surface area contributed by atoms with E-state index in [1.165, 1.54) is 5.56 Å². The van der Waals surface area contributed by atoms with E-state index in [9.17, 15) is 9.59 Å². The molecule has 1 N–H and O–H groups in total. The van der Waals surface area contributed by atoms with Crippen molar-refractivity contribution >= 4 is 16.9 Å². The molecular weight excluding hydrogens is 434 g/mol. The third-order valence-corrected chi connectivity index (χ3v) is 6.51. The van der Waals surface area contributed by atoms with Crippen molar-refractivity contribution in [2.75, 3.05) is 39.6 Å². The van der Waals surface area contributed by atoms with Crippen molar-refractivity contribution in [2.24, 2.45) is 0 Å². The summed E-state index contributed by atoms with van der Waals surface area (Å²) in [7, 11) is 0. The first kappa shape index (κ1) is 22.4. The molecule has 34 heavy (non-hydrogen) atoms. The number of pyridine rings is 1. The van der Waals surface area contributed by atoms with E-state index < -0.39 is 5.97 Å². The molecule has 3 heterocycles. The molecule has 0 saturated carbocycles. The largest absolute Gasteiger partial charge is 0.462 e. The van der Waals surface area contributed by atoms with Crippen molar-refractivity contribution in [2.45, 2.75) is 26.9 Å². The Labute approximate surface area is 198 Å². The Hall–Kier alpha value is -3.36. The summed E-state index contributed by atoms with van der Waals surface area (Å²) in [5.41, 5.74) is 3.92. The smallest absolute Gasteiger partial charge is 0.338 e. The summed E-state index contributed by atoms with van der Waals surface area (Å²) in [6, 6.07) is 11.2. The first-order valence-electron chi connectivity index (χ1n) is 11.7. The Balaban J connectivity index is 1.26. The molecule has 0 radical (unpaired) electrons. The summed E-state index contributed by atoms with van der Waals surface area (Å²) < 4.78 is 16.0. The fourth-order valence-corrected chi connectivity index (χ4v) is 4.61. The number of nitrogens with zero attached hydrogens (tertiary/aromatic N) is 2. The number of benzene rings is 2. The monoisotopic (exact) mass is 463 g/mol. The highest BCUT2D eigenvalue weighted by molar-refractivity contribution is 5.94. The van der Waals surface area contributed by atoms with Gasteiger partial charge in [-0.15, -0.1) is 0 Å². The standard InChI is InChI=1S/C26H29N3O5/c1-3-32-26(31)19-5-6-22-20(13-19)25(30)21(17(2)27-22)15-29-10-8-28(9-11-29)14-18-4-7-23-24(12-18)34-16-33-23/h4-7,12-13H,3,8-11,14-16H2,1-2H3,(H,27,30). The zero-order valence-corrected chi connectivity index (χ0v) is 19.6. The Morgan fingerprint density at radius 2 is 1.74 bits per heavy atom. The second-order valence-corrected chi connectivity index (χ2v) is 8.78. The van der Waals surface area contributed by atoms with Gasteiger partial charge in [0.1, 0.15) is 0 Å². The van der Waals surface area contributed by atoms with E-state index in [0.29, 0.717) is 24.1 Å². The van der Waals surface area contributed by atoms with Gasteiger partial charge in [0.25, 0.3) is 0 Å². The molecule has 0 atom stereocenters. The Bertz CT molecular complexity index is 1280. The van der Waals surface area contributed by atoms with E-state index in [1.807, 2.05) is 13.0 Å². The minimum absolute atomic E-state index is 0.0276. The number of hydrogen-bond donors (Lipinski definition) is 1. The molecule has 2 aliphatic rings. The van der Waals surface area contributed by atoms with Gasteiger partial charge >= 0.3 is 5.97 Å². The number of carbonyl (C=O) groups excluding carboxylic acids is 1. The molecule has 0 amide bonds. The molecule has 1 saturated heterocycles. The van der Waals surface area contributed by atoms with Crippen LogP contribution in [0.4, 0.5) is 0 Å². The van der Waals surface area contributed by atoms with Crippen molar-refractivity contribution in [3.05, 3.63) is 69.0 Å². The van der Waals surface area contributed by atoms with Gasteiger partial charge in [-0.1, -0.05) is 6.07 Å². The number of aromatic amines is 1. The zero-order chi connectivity index (χ0) is 23.7. The first-order chi connectivity index (χ1) is 16.5. The van der Waals surface area contributed by atoms with Crippen LogP contribution in [0.15, 0.2) is 41.2 Å². The number of fused-ring (bicyclic) bond motifs is 2. The van der Waals surface area contributed by atoms with Gasteiger partial charge < -0.3 is 19.2 Å². The van der Waals surface area contributed by atoms with E-state index in [2.05, 4.69) is 26.9 Å². The number of aromatic nitrogens is 1. The van der Waals surface area contributed by atoms with Crippen molar-refractivity contribution in [1.82, 2.24) is 14.8 Å². The third-order valence-electron chi connectivity index (χ3n) is 6.51. The summed E-state index contributed by atoms with van der Waals surface area (Å²) in [5, 5.41) is 0.521. The van der Waals surface area contributed by atoms with Crippen LogP contribution in [0.1, 0.15) is 34.1 Å². The fraction of sp³-hybridized carbons (Fsp3) is 0.385. The van der Waals surface area contributed by atoms with Crippen molar-refractivity contribution in [3.63, 3.8) is 0 Å². The third kappa shape index (κ3) is 4.51. The van der Waals surface area contributed by atoms with Gasteiger partial charge in [0, 0.05) is 61.4 Å². The molecule has 178 valence electrons. The van der Waals surface area contributed by atoms with Crippen molar-refractivity contribution < 1.29 is 19.0 Å². The lowest BCUT2D eigenvalue weighted by Crippen LogP contribution is -2.46. The van der Waals surface area contributed by atoms with Gasteiger partial charge in [-0.25, -0.2) is 4.79 Å². The van der Waals surface area contributed by atoms with Crippen LogP contribution in [0.25, 0.3) is 10.9 Å². The first-order valence-corrected chi connectivity index (χ1v) is 11.7. The van der Waals surface area contributed by atoms with Gasteiger partial charge in [-0.05, 0) is 49.7 Å². The minimum atomic E-state index is -0.412. The van der Waals surface area contributed by atoms with Crippen molar-refractivity contribution in [3.8, 4) is 11.5 Å². The lowest BCUT2D eigenvalue weighted by atomic mass is 10.1. The van der Waals surface area contributed by atoms with Crippen LogP contribution in [-0.2, 0) is 17.8 Å². The Morgan fingerprint density at radius 1 is 1.00 bits per heavy atom. The number of aryl methyl sites for hydroxylation is 1. The molecular formula is C26H29N3O5. The summed E-state index contributed by atoms with van der Waals surface area (Å²) >= 11 is 0. The average molecular weight is 464 g/mol. The van der Waals surface area contributed by atoms with Crippen LogP contribution < -0.4 is 14.9 Å². The SMILES string of the molecule is CCOC(=O)c1ccc2[nH]c(C)c(CN3CCN(Cc4ccc5c(c4)OCO5)CC3)c(=O)c2c1. The van der Waals surface area contributed by atoms with E-state index in [0.717, 1.165) is 61.0 Å². The molecule has 0 unspecified atom stereocenters. The predicted molar refractivity (Wildman–Crippen MR) is 128 cm³/mol. The summed E-state index contributed by atoms with van der Waals surface area (Å²) in [6.45, 7) is 9.33. The van der Waals surface area contributed by atoms with Crippen LogP contribution in [0.2, 0.25) is 0 Å². The Morgan fingerprint density at radius 3 is 2.50 bits per heavy atom. The average Bonchev–Trinajstić information content (AvgIpc) is 3.31. The van der Waals surface area contributed by atoms with Crippen molar-refractivity contribution in [1.29, 1.82) is 0 Å². The second-order valence-electron chi connectivity index (χ2n) is 8.78. The zero-order valence-electron chi connectivity index (χ0n) is 19.6. The highest BCUT2D eigenvalue weighted by Crippen LogP contribution is 2.32. The van der Waals surface area contributed by atoms with E-state index in [-0.39, 0.29) is 12.2 Å². The topological polar surface area (TPSA) is 84.1 Å². The molecule has 1 fully saturated rings. The maximum atomic E-state index is 13.3. The molecule has 2 aliphatic heterocycles. The number of nitrogens with one attached hydrogen (secondary N) is 1. The predicted octanol–water partition coefficient (Wildman–Crippen LogP) is 3.06. The van der Waals surface area contributed by atoms with Crippen LogP contribution in [0, 0.1) is 6.92 Å². The molecule has 0 bridgehead atoms. The Kier molecular flexibility index (Phi) is 6.26. The molecule has 2 aromatic carbocycles. The van der Waals surface area contributed by atoms with E-state index in [1.54, 1.807) is 25.1 Å². The number of carbonyl (C=O) groups is 1. The number of piperazine rings is 1. The quantitative estimate of drug-likeness (QED) is 0.563. The lowest BCUT2D eigenvalue weighted by molar-refractivity contribution is 0.0526. The van der Waals surface area contributed by atoms with Crippen LogP contribution in [-0.4, -0.2) is 60.3 Å². The van der Waals surface area contributed by atoms with Gasteiger partial charge in [0.15, 0.2) is 16.9 Å². The van der Waals surface area contributed by atoms with Crippen LogP contribution >= 0.6 is 0 Å². The molecule has 5 rings (SSSR count). The van der Waals surface area contributed by atoms with E-state index in [4.69, 9.17) is 14.2 Å². The van der Waals surface area contributed by atoms with Gasteiger partial charge in [-0.2, -0.15) is 0 Å². The van der Waals surface area contributed by atoms with E-state index >= 15 is 0 Å². The number of esters is 1. The lowest BCUT2D eigenvalue weighted by Gasteiger charge is -2.34. The number of hydrogen-bond acceptors (Lipinski definition) is 7. The fourth-order valence-electron chi connectivity index (χ4n) is 4.61. The summed E-state index contributed by atoms with van der Waals surface area (Å²) in [6.07, 6.45) is 0. The van der Waals surface area contributed by atoms with Gasteiger partial charge in [-0.3, -0.25) is 14.6 Å². The minimum Gasteiger partial charge on any atom is -0.462 e. The normalized spacial score (nSPS) is 16.2. The highest BCUT2D eigenvalue weighted by atomic mass is 16.7. The number of H-pyrrole nitrogens is 1. The molecule has 1 aromatic heterocycles. The van der Waals surface area contributed by atoms with Gasteiger partial charge in [0.05, 0.1) is 12.2 Å². The van der Waals surface area contributed by atoms with Crippen LogP contribution in [0.5, 0.6) is 11.5 Å². The molecule has 8 heteroatoms. The maximum absolute atomic E-state index is 13.3. The number of ether oxygens (including phenoxy) is 3. The molecule has 3 aromatic rings. The summed E-state index contributed by atoms with van der Waals surface area (Å²) in [5.74, 6) is 1.21. The van der Waals surface area contributed by atoms with Gasteiger partial charge in [0.2, 0.25) is 6.79 Å². The number of rotatable bonds is 6.